The summed E-state index contributed by atoms with van der Waals surface area (Å²) in [6.07, 6.45) is -4.55. The number of nitrogens with one attached hydrogen (secondary N) is 2. The number of hydrogen-bond acceptors (Lipinski definition) is 6. The Kier molecular flexibility index (Phi) is 7.17. The Morgan fingerprint density at radius 2 is 1.89 bits per heavy atom. The molecule has 0 spiro atoms. The summed E-state index contributed by atoms with van der Waals surface area (Å²) in [5.74, 6) is 0. The molecule has 2 rings (SSSR count). The highest BCUT2D eigenvalue weighted by atomic mass is 19.4. The van der Waals surface area contributed by atoms with Crippen LogP contribution in [0, 0.1) is 22.7 Å². The summed E-state index contributed by atoms with van der Waals surface area (Å²) in [4.78, 5) is 2.08. The van der Waals surface area contributed by atoms with Crippen molar-refractivity contribution in [3.63, 3.8) is 0 Å². The van der Waals surface area contributed by atoms with Gasteiger partial charge in [0, 0.05) is 32.7 Å². The standard InChI is InChI=1S/C18H22F3N5O/c1-24-13-17(11-22,12-23)25-8-16-10-26(6-7-27-16)9-14-2-4-15(5-3-14)18(19,20)21/h2-5,16,24-25H,6-10,13H2,1H3. The number of halogens is 3. The zero-order chi connectivity index (χ0) is 19.9. The van der Waals surface area contributed by atoms with Crippen molar-refractivity contribution >= 4 is 0 Å². The van der Waals surface area contributed by atoms with Crippen molar-refractivity contribution in [2.24, 2.45) is 0 Å². The number of nitriles is 2. The monoisotopic (exact) mass is 381 g/mol. The van der Waals surface area contributed by atoms with Crippen LogP contribution >= 0.6 is 0 Å². The van der Waals surface area contributed by atoms with Crippen molar-refractivity contribution in [3.8, 4) is 12.1 Å². The van der Waals surface area contributed by atoms with Gasteiger partial charge in [0.15, 0.2) is 0 Å². The predicted molar refractivity (Wildman–Crippen MR) is 92.3 cm³/mol. The molecule has 27 heavy (non-hydrogen) atoms. The third-order valence-corrected chi connectivity index (χ3v) is 4.37. The Morgan fingerprint density at radius 1 is 1.22 bits per heavy atom. The maximum absolute atomic E-state index is 12.6. The summed E-state index contributed by atoms with van der Waals surface area (Å²) in [5.41, 5.74) is -1.20. The van der Waals surface area contributed by atoms with Crippen LogP contribution in [0.5, 0.6) is 0 Å². The van der Waals surface area contributed by atoms with Crippen molar-refractivity contribution in [1.29, 1.82) is 10.5 Å². The maximum atomic E-state index is 12.6. The quantitative estimate of drug-likeness (QED) is 0.745. The van der Waals surface area contributed by atoms with Gasteiger partial charge < -0.3 is 10.1 Å². The third-order valence-electron chi connectivity index (χ3n) is 4.37. The summed E-state index contributed by atoms with van der Waals surface area (Å²) in [7, 11) is 1.66. The lowest BCUT2D eigenvalue weighted by Crippen LogP contribution is -2.55. The van der Waals surface area contributed by atoms with Gasteiger partial charge >= 0.3 is 6.18 Å². The first-order valence-corrected chi connectivity index (χ1v) is 8.54. The lowest BCUT2D eigenvalue weighted by atomic mass is 10.0. The van der Waals surface area contributed by atoms with E-state index in [0.29, 0.717) is 32.8 Å². The summed E-state index contributed by atoms with van der Waals surface area (Å²) in [5, 5.41) is 24.3. The summed E-state index contributed by atoms with van der Waals surface area (Å²) in [6.45, 7) is 2.71. The normalized spacial score (nSPS) is 18.7. The molecule has 1 atom stereocenters. The van der Waals surface area contributed by atoms with E-state index in [-0.39, 0.29) is 12.6 Å². The van der Waals surface area contributed by atoms with Crippen LogP contribution in [0.2, 0.25) is 0 Å². The van der Waals surface area contributed by atoms with Gasteiger partial charge in [-0.3, -0.25) is 10.2 Å². The highest BCUT2D eigenvalue weighted by Crippen LogP contribution is 2.29. The molecule has 146 valence electrons. The summed E-state index contributed by atoms with van der Waals surface area (Å²) in [6, 6.07) is 9.09. The van der Waals surface area contributed by atoms with Gasteiger partial charge in [-0.25, -0.2) is 0 Å². The van der Waals surface area contributed by atoms with Gasteiger partial charge in [0.2, 0.25) is 5.54 Å². The van der Waals surface area contributed by atoms with E-state index < -0.39 is 17.3 Å². The Morgan fingerprint density at radius 3 is 2.44 bits per heavy atom. The molecule has 1 saturated heterocycles. The number of likely N-dealkylation sites (N-methyl/N-ethyl adjacent to an activating group) is 1. The molecule has 9 heteroatoms. The van der Waals surface area contributed by atoms with Crippen LogP contribution in [0.25, 0.3) is 0 Å². The molecule has 1 aliphatic heterocycles. The molecule has 0 bridgehead atoms. The SMILES string of the molecule is CNCC(C#N)(C#N)NCC1CN(Cc2ccc(C(F)(F)F)cc2)CCO1. The van der Waals surface area contributed by atoms with Crippen molar-refractivity contribution in [2.75, 3.05) is 39.8 Å². The zero-order valence-corrected chi connectivity index (χ0v) is 15.0. The minimum absolute atomic E-state index is 0.183. The largest absolute Gasteiger partial charge is 0.416 e. The lowest BCUT2D eigenvalue weighted by Gasteiger charge is -2.34. The van der Waals surface area contributed by atoms with E-state index >= 15 is 0 Å². The number of ether oxygens (including phenoxy) is 1. The minimum Gasteiger partial charge on any atom is -0.374 e. The van der Waals surface area contributed by atoms with Gasteiger partial charge in [0.1, 0.15) is 12.1 Å². The number of hydrogen-bond donors (Lipinski definition) is 2. The second kappa shape index (κ2) is 9.16. The molecule has 1 unspecified atom stereocenters. The zero-order valence-electron chi connectivity index (χ0n) is 15.0. The van der Waals surface area contributed by atoms with Crippen LogP contribution in [-0.4, -0.2) is 56.4 Å². The van der Waals surface area contributed by atoms with Crippen LogP contribution in [0.4, 0.5) is 13.2 Å². The molecular formula is C18H22F3N5O. The first-order valence-electron chi connectivity index (χ1n) is 8.54. The highest BCUT2D eigenvalue weighted by molar-refractivity contribution is 5.25. The molecule has 0 saturated carbocycles. The first kappa shape index (κ1) is 21.1. The lowest BCUT2D eigenvalue weighted by molar-refractivity contribution is -0.137. The Hall–Kier alpha value is -2.17. The van der Waals surface area contributed by atoms with Gasteiger partial charge in [-0.1, -0.05) is 12.1 Å². The molecule has 1 fully saturated rings. The van der Waals surface area contributed by atoms with E-state index in [1.54, 1.807) is 7.05 Å². The fourth-order valence-corrected chi connectivity index (χ4v) is 2.90. The third kappa shape index (κ3) is 5.91. The number of nitrogens with zero attached hydrogens (tertiary/aromatic N) is 3. The van der Waals surface area contributed by atoms with Crippen molar-refractivity contribution in [3.05, 3.63) is 35.4 Å². The van der Waals surface area contributed by atoms with Crippen LogP contribution in [0.1, 0.15) is 11.1 Å². The molecule has 1 aromatic carbocycles. The van der Waals surface area contributed by atoms with E-state index in [4.69, 9.17) is 4.74 Å². The Bertz CT molecular complexity index is 679. The average molecular weight is 381 g/mol. The minimum atomic E-state index is -4.34. The van der Waals surface area contributed by atoms with Gasteiger partial charge in [-0.15, -0.1) is 0 Å². The molecule has 0 amide bonds. The molecular weight excluding hydrogens is 359 g/mol. The second-order valence-electron chi connectivity index (χ2n) is 6.46. The van der Waals surface area contributed by atoms with E-state index in [1.165, 1.54) is 12.1 Å². The van der Waals surface area contributed by atoms with Gasteiger partial charge in [-0.2, -0.15) is 23.7 Å². The smallest absolute Gasteiger partial charge is 0.374 e. The van der Waals surface area contributed by atoms with Crippen LogP contribution in [-0.2, 0) is 17.5 Å². The number of alkyl halides is 3. The highest BCUT2D eigenvalue weighted by Gasteiger charge is 2.32. The van der Waals surface area contributed by atoms with E-state index in [1.807, 2.05) is 12.1 Å². The topological polar surface area (TPSA) is 84.1 Å². The van der Waals surface area contributed by atoms with E-state index in [9.17, 15) is 23.7 Å². The van der Waals surface area contributed by atoms with E-state index in [2.05, 4.69) is 15.5 Å². The first-order chi connectivity index (χ1) is 12.8. The van der Waals surface area contributed by atoms with Gasteiger partial charge in [0.05, 0.1) is 18.3 Å². The van der Waals surface area contributed by atoms with Crippen molar-refractivity contribution in [1.82, 2.24) is 15.5 Å². The fourth-order valence-electron chi connectivity index (χ4n) is 2.90. The predicted octanol–water partition coefficient (Wildman–Crippen LogP) is 1.50. The molecule has 6 nitrogen and oxygen atoms in total. The average Bonchev–Trinajstić information content (AvgIpc) is 2.65. The van der Waals surface area contributed by atoms with E-state index in [0.717, 1.165) is 17.7 Å². The molecule has 2 N–H and O–H groups in total. The van der Waals surface area contributed by atoms with Gasteiger partial charge in [0.25, 0.3) is 0 Å². The maximum Gasteiger partial charge on any atom is 0.416 e. The van der Waals surface area contributed by atoms with Crippen LogP contribution in [0.15, 0.2) is 24.3 Å². The molecule has 0 radical (unpaired) electrons. The molecule has 1 aromatic rings. The fraction of sp³-hybridized carbons (Fsp3) is 0.556. The summed E-state index contributed by atoms with van der Waals surface area (Å²) >= 11 is 0. The summed E-state index contributed by atoms with van der Waals surface area (Å²) < 4.78 is 43.6. The molecule has 1 aliphatic rings. The number of morpholine rings is 1. The second-order valence-corrected chi connectivity index (χ2v) is 6.46. The Balaban J connectivity index is 1.90. The van der Waals surface area contributed by atoms with Crippen LogP contribution < -0.4 is 10.6 Å². The molecule has 0 aliphatic carbocycles. The molecule has 1 heterocycles. The van der Waals surface area contributed by atoms with Gasteiger partial charge in [-0.05, 0) is 24.7 Å². The Labute approximate surface area is 156 Å². The van der Waals surface area contributed by atoms with Crippen LogP contribution in [0.3, 0.4) is 0 Å². The van der Waals surface area contributed by atoms with Crippen molar-refractivity contribution in [2.45, 2.75) is 24.4 Å². The number of rotatable bonds is 7. The number of benzene rings is 1. The van der Waals surface area contributed by atoms with Crippen molar-refractivity contribution < 1.29 is 17.9 Å². The molecule has 0 aromatic heterocycles.